The largest absolute Gasteiger partial charge is 0.443 e. The van der Waals surface area contributed by atoms with Gasteiger partial charge in [0.1, 0.15) is 12.3 Å². The number of nitrogens with one attached hydrogen (secondary N) is 3. The Morgan fingerprint density at radius 3 is 2.83 bits per heavy atom. The first-order valence-electron chi connectivity index (χ1n) is 12.0. The molecule has 1 aliphatic rings. The number of amides is 1. The van der Waals surface area contributed by atoms with Gasteiger partial charge in [-0.2, -0.15) is 10.2 Å². The minimum atomic E-state index is -1.32. The van der Waals surface area contributed by atoms with Crippen molar-refractivity contribution in [3.63, 3.8) is 0 Å². The minimum absolute atomic E-state index is 0.0737. The molecule has 1 amide bonds. The number of anilines is 2. The van der Waals surface area contributed by atoms with E-state index in [1.165, 1.54) is 0 Å². The minimum Gasteiger partial charge on any atom is -0.443 e. The van der Waals surface area contributed by atoms with Gasteiger partial charge in [-0.05, 0) is 46.1 Å². The fourth-order valence-electron chi connectivity index (χ4n) is 4.85. The Morgan fingerprint density at radius 2 is 2.11 bits per heavy atom. The number of alkyl halides is 1. The third-order valence-corrected chi connectivity index (χ3v) is 6.49. The molecule has 0 spiro atoms. The number of hydrogen-bond donors (Lipinski definition) is 3. The molecular formula is C24H30FN9O2. The summed E-state index contributed by atoms with van der Waals surface area (Å²) >= 11 is 0. The van der Waals surface area contributed by atoms with Crippen LogP contribution >= 0.6 is 0 Å². The van der Waals surface area contributed by atoms with Crippen molar-refractivity contribution in [1.82, 2.24) is 39.7 Å². The molecule has 0 saturated heterocycles. The van der Waals surface area contributed by atoms with E-state index in [4.69, 9.17) is 9.72 Å². The first-order chi connectivity index (χ1) is 17.2. The third-order valence-electron chi connectivity index (χ3n) is 6.49. The number of aryl methyl sites for hydroxylation is 3. The van der Waals surface area contributed by atoms with E-state index in [0.717, 1.165) is 28.2 Å². The summed E-state index contributed by atoms with van der Waals surface area (Å²) in [6.45, 7) is 7.59. The summed E-state index contributed by atoms with van der Waals surface area (Å²) < 4.78 is 24.1. The van der Waals surface area contributed by atoms with Gasteiger partial charge in [0.05, 0.1) is 23.1 Å². The van der Waals surface area contributed by atoms with E-state index < -0.39 is 24.3 Å². The summed E-state index contributed by atoms with van der Waals surface area (Å²) in [6.07, 6.45) is 3.65. The van der Waals surface area contributed by atoms with Crippen LogP contribution in [0.25, 0.3) is 16.9 Å². The monoisotopic (exact) mass is 495 g/mol. The van der Waals surface area contributed by atoms with Crippen molar-refractivity contribution in [2.45, 2.75) is 64.8 Å². The van der Waals surface area contributed by atoms with Gasteiger partial charge in [0.15, 0.2) is 11.5 Å². The second-order valence-electron chi connectivity index (χ2n) is 9.52. The van der Waals surface area contributed by atoms with Crippen molar-refractivity contribution >= 4 is 23.5 Å². The van der Waals surface area contributed by atoms with Gasteiger partial charge in [0, 0.05) is 43.2 Å². The number of halogens is 1. The van der Waals surface area contributed by atoms with Gasteiger partial charge in [-0.25, -0.2) is 19.2 Å². The maximum Gasteiger partial charge on any atom is 0.407 e. The lowest BCUT2D eigenvalue weighted by Crippen LogP contribution is -2.36. The number of H-pyrrole nitrogens is 1. The first kappa shape index (κ1) is 23.8. The number of hydrogen-bond acceptors (Lipinski definition) is 7. The van der Waals surface area contributed by atoms with Crippen molar-refractivity contribution in [1.29, 1.82) is 0 Å². The van der Waals surface area contributed by atoms with Gasteiger partial charge >= 0.3 is 6.09 Å². The zero-order valence-electron chi connectivity index (χ0n) is 20.9. The van der Waals surface area contributed by atoms with Crippen molar-refractivity contribution < 1.29 is 13.9 Å². The van der Waals surface area contributed by atoms with Crippen LogP contribution in [0.5, 0.6) is 0 Å². The first-order valence-corrected chi connectivity index (χ1v) is 12.0. The Bertz CT molecular complexity index is 1390. The molecule has 0 unspecified atom stereocenters. The number of aromatic amines is 1. The Kier molecular flexibility index (Phi) is 6.10. The summed E-state index contributed by atoms with van der Waals surface area (Å²) in [5.41, 5.74) is 5.07. The molecule has 3 N–H and O–H groups in total. The highest BCUT2D eigenvalue weighted by Gasteiger charge is 2.41. The molecule has 0 radical (unpaired) electrons. The molecule has 1 saturated carbocycles. The summed E-state index contributed by atoms with van der Waals surface area (Å²) in [7, 11) is 1.89. The van der Waals surface area contributed by atoms with Crippen molar-refractivity contribution in [3.8, 4) is 11.3 Å². The highest BCUT2D eigenvalue weighted by atomic mass is 19.1. The average molecular weight is 496 g/mol. The SMILES string of the molecule is Cc1cnn(C)c1-c1c(C)nc(Nc2cc([C@@H]3CC[C@H](OC(=O)NC(C)C)[C@@H]3F)[nH]n2)n2ccnc12. The summed E-state index contributed by atoms with van der Waals surface area (Å²) in [5, 5.41) is 17.5. The summed E-state index contributed by atoms with van der Waals surface area (Å²) in [6, 6.07) is 1.70. The molecular weight excluding hydrogens is 465 g/mol. The molecule has 36 heavy (non-hydrogen) atoms. The maximum absolute atomic E-state index is 15.1. The van der Waals surface area contributed by atoms with Gasteiger partial charge in [-0.1, -0.05) is 0 Å². The molecule has 1 fully saturated rings. The van der Waals surface area contributed by atoms with Crippen LogP contribution in [0.3, 0.4) is 0 Å². The number of ether oxygens (including phenoxy) is 1. The number of alkyl carbamates (subject to hydrolysis) is 1. The van der Waals surface area contributed by atoms with E-state index in [9.17, 15) is 4.79 Å². The second kappa shape index (κ2) is 9.25. The molecule has 0 aliphatic heterocycles. The van der Waals surface area contributed by atoms with E-state index in [1.54, 1.807) is 12.3 Å². The smallest absolute Gasteiger partial charge is 0.407 e. The zero-order chi connectivity index (χ0) is 25.6. The van der Waals surface area contributed by atoms with Crippen molar-refractivity contribution in [2.24, 2.45) is 7.05 Å². The lowest BCUT2D eigenvalue weighted by Gasteiger charge is -2.18. The van der Waals surface area contributed by atoms with Crippen molar-refractivity contribution in [2.75, 3.05) is 5.32 Å². The van der Waals surface area contributed by atoms with E-state index in [-0.39, 0.29) is 6.04 Å². The predicted molar refractivity (Wildman–Crippen MR) is 132 cm³/mol. The maximum atomic E-state index is 15.1. The van der Waals surface area contributed by atoms with Crippen LogP contribution in [0, 0.1) is 13.8 Å². The predicted octanol–water partition coefficient (Wildman–Crippen LogP) is 3.93. The van der Waals surface area contributed by atoms with Gasteiger partial charge in [0.2, 0.25) is 5.95 Å². The third kappa shape index (κ3) is 4.27. The van der Waals surface area contributed by atoms with E-state index >= 15 is 4.39 Å². The molecule has 0 aromatic carbocycles. The van der Waals surface area contributed by atoms with E-state index in [1.807, 2.05) is 56.2 Å². The average Bonchev–Trinajstić information content (AvgIpc) is 3.59. The summed E-state index contributed by atoms with van der Waals surface area (Å²) in [4.78, 5) is 21.2. The molecule has 4 aromatic rings. The molecule has 5 rings (SSSR count). The Balaban J connectivity index is 1.36. The van der Waals surface area contributed by atoms with Gasteiger partial charge in [0.25, 0.3) is 0 Å². The molecule has 4 aromatic heterocycles. The van der Waals surface area contributed by atoms with Gasteiger partial charge < -0.3 is 15.4 Å². The lowest BCUT2D eigenvalue weighted by molar-refractivity contribution is 0.0555. The van der Waals surface area contributed by atoms with Crippen molar-refractivity contribution in [3.05, 3.63) is 41.6 Å². The Hall–Kier alpha value is -3.96. The van der Waals surface area contributed by atoms with E-state index in [2.05, 4.69) is 30.9 Å². The van der Waals surface area contributed by atoms with Crippen LogP contribution in [0.1, 0.15) is 49.6 Å². The van der Waals surface area contributed by atoms with E-state index in [0.29, 0.717) is 30.3 Å². The second-order valence-corrected chi connectivity index (χ2v) is 9.52. The van der Waals surface area contributed by atoms with Crippen LogP contribution in [-0.4, -0.2) is 58.8 Å². The fraction of sp³-hybridized carbons (Fsp3) is 0.458. The molecule has 4 heterocycles. The number of rotatable bonds is 6. The van der Waals surface area contributed by atoms with Gasteiger partial charge in [-0.3, -0.25) is 14.2 Å². The Labute approximate surface area is 207 Å². The van der Waals surface area contributed by atoms with Crippen LogP contribution in [0.2, 0.25) is 0 Å². The molecule has 3 atom stereocenters. The lowest BCUT2D eigenvalue weighted by atomic mass is 10.0. The fourth-order valence-corrected chi connectivity index (χ4v) is 4.85. The molecule has 0 bridgehead atoms. The number of fused-ring (bicyclic) bond motifs is 1. The number of carbonyl (C=O) groups excluding carboxylic acids is 1. The highest BCUT2D eigenvalue weighted by molar-refractivity contribution is 5.80. The topological polar surface area (TPSA) is 127 Å². The molecule has 190 valence electrons. The molecule has 11 nitrogen and oxygen atoms in total. The summed E-state index contributed by atoms with van der Waals surface area (Å²) in [5.74, 6) is 0.602. The number of nitrogens with zero attached hydrogens (tertiary/aromatic N) is 6. The zero-order valence-corrected chi connectivity index (χ0v) is 20.9. The highest BCUT2D eigenvalue weighted by Crippen LogP contribution is 2.39. The molecule has 12 heteroatoms. The normalized spacial score (nSPS) is 19.8. The van der Waals surface area contributed by atoms with Crippen LogP contribution in [0.15, 0.2) is 24.7 Å². The molecule has 1 aliphatic carbocycles. The number of aromatic nitrogens is 7. The standard InChI is InChI=1S/C24H30FN9O2/c1-12(2)28-24(35)36-17-7-6-15(20(17)25)16-10-18(32-31-16)30-23-29-14(4)19(22-26-8-9-34(22)23)21-13(3)11-27-33(21)5/h8-12,15,17,20H,6-7H2,1-5H3,(H,28,35)(H2,29,30,31,32)/t15-,17-,20+/m0/s1. The quantitative estimate of drug-likeness (QED) is 0.370. The van der Waals surface area contributed by atoms with Gasteiger partial charge in [-0.15, -0.1) is 0 Å². The van der Waals surface area contributed by atoms with Crippen LogP contribution < -0.4 is 10.6 Å². The Morgan fingerprint density at radius 1 is 1.31 bits per heavy atom. The number of carbonyl (C=O) groups is 1. The van der Waals surface area contributed by atoms with Crippen LogP contribution in [0.4, 0.5) is 21.0 Å². The number of imidazole rings is 1. The van der Waals surface area contributed by atoms with Crippen LogP contribution in [-0.2, 0) is 11.8 Å².